The van der Waals surface area contributed by atoms with Gasteiger partial charge in [-0.1, -0.05) is 18.5 Å². The Labute approximate surface area is 157 Å². The summed E-state index contributed by atoms with van der Waals surface area (Å²) in [5.74, 6) is 1.17. The first-order chi connectivity index (χ1) is 12.3. The number of anilines is 2. The zero-order valence-corrected chi connectivity index (χ0v) is 15.4. The molecule has 4 rings (SSSR count). The van der Waals surface area contributed by atoms with Gasteiger partial charge < -0.3 is 5.32 Å². The molecule has 2 heterocycles. The van der Waals surface area contributed by atoms with Crippen LogP contribution in [0.2, 0.25) is 5.02 Å². The molecule has 26 heavy (non-hydrogen) atoms. The second-order valence-corrected chi connectivity index (χ2v) is 8.06. The number of thiophene rings is 1. The smallest absolute Gasteiger partial charge is 0.340 e. The highest BCUT2D eigenvalue weighted by molar-refractivity contribution is 7.19. The Morgan fingerprint density at radius 1 is 1.27 bits per heavy atom. The summed E-state index contributed by atoms with van der Waals surface area (Å²) in [4.78, 5) is 10.8. The standard InChI is InChI=1S/C18H15ClF3N3S/c1-9-2-4-11-14(6-9)26-17-15(11)16(23-8-24-17)25-10-3-5-13(19)12(7-10)18(20,21)22/h3,5,7-9H,2,4,6H2,1H3,(H,23,24,25). The maximum absolute atomic E-state index is 13.1. The lowest BCUT2D eigenvalue weighted by Gasteiger charge is -2.18. The van der Waals surface area contributed by atoms with Crippen LogP contribution in [0.4, 0.5) is 24.7 Å². The van der Waals surface area contributed by atoms with Crippen LogP contribution in [0.25, 0.3) is 10.2 Å². The third-order valence-electron chi connectivity index (χ3n) is 4.63. The van der Waals surface area contributed by atoms with Gasteiger partial charge in [0.2, 0.25) is 0 Å². The molecular weight excluding hydrogens is 383 g/mol. The molecule has 3 nitrogen and oxygen atoms in total. The number of rotatable bonds is 2. The Bertz CT molecular complexity index is 984. The summed E-state index contributed by atoms with van der Waals surface area (Å²) in [6, 6.07) is 3.78. The Kier molecular flexibility index (Phi) is 4.31. The normalized spacial score (nSPS) is 17.3. The Hall–Kier alpha value is -1.86. The molecule has 8 heteroatoms. The number of hydrogen-bond donors (Lipinski definition) is 1. The fraction of sp³-hybridized carbons (Fsp3) is 0.333. The van der Waals surface area contributed by atoms with Gasteiger partial charge in [0.25, 0.3) is 0 Å². The minimum atomic E-state index is -4.51. The van der Waals surface area contributed by atoms with Gasteiger partial charge in [-0.3, -0.25) is 0 Å². The Morgan fingerprint density at radius 2 is 2.08 bits per heavy atom. The third kappa shape index (κ3) is 3.14. The minimum absolute atomic E-state index is 0.297. The molecule has 1 N–H and O–H groups in total. The van der Waals surface area contributed by atoms with E-state index in [0.717, 1.165) is 35.5 Å². The van der Waals surface area contributed by atoms with E-state index in [2.05, 4.69) is 22.2 Å². The van der Waals surface area contributed by atoms with E-state index < -0.39 is 11.7 Å². The van der Waals surface area contributed by atoms with Gasteiger partial charge >= 0.3 is 6.18 Å². The Morgan fingerprint density at radius 3 is 2.85 bits per heavy atom. The summed E-state index contributed by atoms with van der Waals surface area (Å²) in [6.45, 7) is 2.23. The zero-order chi connectivity index (χ0) is 18.5. The van der Waals surface area contributed by atoms with Crippen molar-refractivity contribution >= 4 is 44.7 Å². The van der Waals surface area contributed by atoms with Gasteiger partial charge in [-0.25, -0.2) is 9.97 Å². The number of aryl methyl sites for hydroxylation is 1. The largest absolute Gasteiger partial charge is 0.417 e. The molecular formula is C18H15ClF3N3S. The first-order valence-electron chi connectivity index (χ1n) is 8.22. The quantitative estimate of drug-likeness (QED) is 0.556. The summed E-state index contributed by atoms with van der Waals surface area (Å²) >= 11 is 7.34. The number of alkyl halides is 3. The summed E-state index contributed by atoms with van der Waals surface area (Å²) < 4.78 is 39.3. The summed E-state index contributed by atoms with van der Waals surface area (Å²) in [5.41, 5.74) is 0.651. The molecule has 3 aromatic rings. The molecule has 0 amide bonds. The number of hydrogen-bond acceptors (Lipinski definition) is 4. The minimum Gasteiger partial charge on any atom is -0.340 e. The Balaban J connectivity index is 1.77. The fourth-order valence-electron chi connectivity index (χ4n) is 3.33. The van der Waals surface area contributed by atoms with Gasteiger partial charge in [0.15, 0.2) is 0 Å². The zero-order valence-electron chi connectivity index (χ0n) is 13.8. The molecule has 136 valence electrons. The van der Waals surface area contributed by atoms with Gasteiger partial charge in [-0.2, -0.15) is 13.2 Å². The van der Waals surface area contributed by atoms with E-state index in [4.69, 9.17) is 11.6 Å². The van der Waals surface area contributed by atoms with Gasteiger partial charge in [-0.05, 0) is 48.9 Å². The molecule has 0 saturated carbocycles. The number of halogens is 4. The van der Waals surface area contributed by atoms with E-state index in [1.54, 1.807) is 11.3 Å². The summed E-state index contributed by atoms with van der Waals surface area (Å²) in [7, 11) is 0. The third-order valence-corrected chi connectivity index (χ3v) is 6.12. The second-order valence-electron chi connectivity index (χ2n) is 6.57. The second kappa shape index (κ2) is 6.39. The van der Waals surface area contributed by atoms with E-state index in [1.807, 2.05) is 0 Å². The van der Waals surface area contributed by atoms with Gasteiger partial charge in [-0.15, -0.1) is 11.3 Å². The number of fused-ring (bicyclic) bond motifs is 3. The van der Waals surface area contributed by atoms with E-state index >= 15 is 0 Å². The van der Waals surface area contributed by atoms with Crippen molar-refractivity contribution in [1.82, 2.24) is 9.97 Å². The first kappa shape index (κ1) is 17.5. The molecule has 1 aliphatic rings. The van der Waals surface area contributed by atoms with E-state index in [0.29, 0.717) is 17.4 Å². The number of nitrogens with zero attached hydrogens (tertiary/aromatic N) is 2. The van der Waals surface area contributed by atoms with Crippen molar-refractivity contribution in [2.24, 2.45) is 5.92 Å². The van der Waals surface area contributed by atoms with Gasteiger partial charge in [0.05, 0.1) is 16.0 Å². The van der Waals surface area contributed by atoms with E-state index in [9.17, 15) is 13.2 Å². The van der Waals surface area contributed by atoms with Crippen molar-refractivity contribution in [2.75, 3.05) is 5.32 Å². The topological polar surface area (TPSA) is 37.8 Å². The van der Waals surface area contributed by atoms with Crippen LogP contribution in [-0.2, 0) is 19.0 Å². The molecule has 0 radical (unpaired) electrons. The van der Waals surface area contributed by atoms with Crippen LogP contribution in [0.15, 0.2) is 24.5 Å². The highest BCUT2D eigenvalue weighted by Crippen LogP contribution is 2.41. The molecule has 0 aliphatic heterocycles. The average Bonchev–Trinajstić information content (AvgIpc) is 2.94. The number of nitrogens with one attached hydrogen (secondary N) is 1. The molecule has 0 saturated heterocycles. The first-order valence-corrected chi connectivity index (χ1v) is 9.41. The van der Waals surface area contributed by atoms with Crippen LogP contribution in [-0.4, -0.2) is 9.97 Å². The van der Waals surface area contributed by atoms with Crippen molar-refractivity contribution in [2.45, 2.75) is 32.4 Å². The van der Waals surface area contributed by atoms with Crippen LogP contribution in [0, 0.1) is 5.92 Å². The molecule has 1 aliphatic carbocycles. The molecule has 1 atom stereocenters. The molecule has 0 spiro atoms. The average molecular weight is 398 g/mol. The number of aromatic nitrogens is 2. The molecule has 2 aromatic heterocycles. The van der Waals surface area contributed by atoms with Crippen molar-refractivity contribution in [1.29, 1.82) is 0 Å². The van der Waals surface area contributed by atoms with Crippen LogP contribution < -0.4 is 5.32 Å². The highest BCUT2D eigenvalue weighted by Gasteiger charge is 2.33. The molecule has 0 bridgehead atoms. The lowest BCUT2D eigenvalue weighted by molar-refractivity contribution is -0.137. The van der Waals surface area contributed by atoms with E-state index in [-0.39, 0.29) is 5.02 Å². The van der Waals surface area contributed by atoms with Gasteiger partial charge in [0, 0.05) is 10.6 Å². The lowest BCUT2D eigenvalue weighted by Crippen LogP contribution is -2.09. The summed E-state index contributed by atoms with van der Waals surface area (Å²) in [6.07, 6.45) is -0.0294. The highest BCUT2D eigenvalue weighted by atomic mass is 35.5. The van der Waals surface area contributed by atoms with E-state index in [1.165, 1.54) is 28.9 Å². The fourth-order valence-corrected chi connectivity index (χ4v) is 4.90. The SMILES string of the molecule is CC1CCc2c(sc3ncnc(Nc4ccc(Cl)c(C(F)(F)F)c4)c23)C1. The van der Waals surface area contributed by atoms with Crippen molar-refractivity contribution in [3.05, 3.63) is 45.6 Å². The van der Waals surface area contributed by atoms with Crippen molar-refractivity contribution in [3.8, 4) is 0 Å². The van der Waals surface area contributed by atoms with Crippen LogP contribution in [0.1, 0.15) is 29.3 Å². The summed E-state index contributed by atoms with van der Waals surface area (Å²) in [5, 5.41) is 3.63. The monoisotopic (exact) mass is 397 g/mol. The number of benzene rings is 1. The molecule has 1 unspecified atom stereocenters. The maximum Gasteiger partial charge on any atom is 0.417 e. The maximum atomic E-state index is 13.1. The molecule has 1 aromatic carbocycles. The van der Waals surface area contributed by atoms with Crippen molar-refractivity contribution in [3.63, 3.8) is 0 Å². The lowest BCUT2D eigenvalue weighted by atomic mass is 9.89. The van der Waals surface area contributed by atoms with Crippen LogP contribution >= 0.6 is 22.9 Å². The van der Waals surface area contributed by atoms with Crippen LogP contribution in [0.3, 0.4) is 0 Å². The predicted molar refractivity (Wildman–Crippen MR) is 98.3 cm³/mol. The predicted octanol–water partition coefficient (Wildman–Crippen LogP) is 6.23. The van der Waals surface area contributed by atoms with Crippen LogP contribution in [0.5, 0.6) is 0 Å². The van der Waals surface area contributed by atoms with Crippen molar-refractivity contribution < 1.29 is 13.2 Å². The molecule has 0 fully saturated rings. The van der Waals surface area contributed by atoms with Gasteiger partial charge in [0.1, 0.15) is 17.0 Å².